The SMILES string of the molecule is NC(=O)c1ccccc1OCC#CCNC(=O)CC(c1ccccc1)c1ccccc1. The highest BCUT2D eigenvalue weighted by Crippen LogP contribution is 2.27. The summed E-state index contributed by atoms with van der Waals surface area (Å²) in [5.41, 5.74) is 7.82. The molecule has 3 rings (SSSR count). The number of para-hydroxylation sites is 1. The van der Waals surface area contributed by atoms with E-state index in [1.165, 1.54) is 0 Å². The number of benzene rings is 3. The molecule has 5 heteroatoms. The Morgan fingerprint density at radius 2 is 1.42 bits per heavy atom. The van der Waals surface area contributed by atoms with Crippen LogP contribution in [0.2, 0.25) is 0 Å². The topological polar surface area (TPSA) is 81.4 Å². The van der Waals surface area contributed by atoms with Gasteiger partial charge in [-0.15, -0.1) is 0 Å². The first-order chi connectivity index (χ1) is 15.1. The number of carbonyl (C=O) groups is 2. The zero-order valence-corrected chi connectivity index (χ0v) is 17.1. The summed E-state index contributed by atoms with van der Waals surface area (Å²) >= 11 is 0. The maximum absolute atomic E-state index is 12.5. The molecule has 0 unspecified atom stereocenters. The highest BCUT2D eigenvalue weighted by Gasteiger charge is 2.17. The largest absolute Gasteiger partial charge is 0.480 e. The van der Waals surface area contributed by atoms with Crippen molar-refractivity contribution in [1.29, 1.82) is 0 Å². The number of hydrogen-bond acceptors (Lipinski definition) is 3. The minimum absolute atomic E-state index is 0.0241. The molecule has 0 radical (unpaired) electrons. The summed E-state index contributed by atoms with van der Waals surface area (Å²) < 4.78 is 5.50. The molecule has 5 nitrogen and oxygen atoms in total. The standard InChI is InChI=1S/C26H24N2O3/c27-26(30)22-15-7-8-16-24(22)31-18-10-9-17-28-25(29)19-23(20-11-3-1-4-12-20)21-13-5-2-6-14-21/h1-8,11-16,23H,17-19H2,(H2,27,30)(H,28,29). The van der Waals surface area contributed by atoms with Crippen molar-refractivity contribution in [1.82, 2.24) is 5.32 Å². The van der Waals surface area contributed by atoms with Crippen LogP contribution in [0.25, 0.3) is 0 Å². The highest BCUT2D eigenvalue weighted by molar-refractivity contribution is 5.95. The van der Waals surface area contributed by atoms with E-state index in [4.69, 9.17) is 10.5 Å². The van der Waals surface area contributed by atoms with Gasteiger partial charge < -0.3 is 15.8 Å². The molecule has 156 valence electrons. The Balaban J connectivity index is 1.52. The monoisotopic (exact) mass is 412 g/mol. The van der Waals surface area contributed by atoms with Crippen molar-refractivity contribution in [3.05, 3.63) is 102 Å². The van der Waals surface area contributed by atoms with Crippen molar-refractivity contribution in [2.45, 2.75) is 12.3 Å². The van der Waals surface area contributed by atoms with Gasteiger partial charge in [0, 0.05) is 12.3 Å². The van der Waals surface area contributed by atoms with E-state index >= 15 is 0 Å². The van der Waals surface area contributed by atoms with Crippen LogP contribution in [-0.4, -0.2) is 25.0 Å². The van der Waals surface area contributed by atoms with Gasteiger partial charge in [0.25, 0.3) is 5.91 Å². The molecular formula is C26H24N2O3. The summed E-state index contributed by atoms with van der Waals surface area (Å²) in [5, 5.41) is 2.84. The van der Waals surface area contributed by atoms with Gasteiger partial charge in [0.05, 0.1) is 12.1 Å². The van der Waals surface area contributed by atoms with E-state index in [0.717, 1.165) is 11.1 Å². The molecule has 0 aliphatic heterocycles. The van der Waals surface area contributed by atoms with Crippen molar-refractivity contribution in [3.63, 3.8) is 0 Å². The lowest BCUT2D eigenvalue weighted by atomic mass is 9.88. The lowest BCUT2D eigenvalue weighted by Gasteiger charge is -2.17. The molecule has 0 saturated carbocycles. The maximum atomic E-state index is 12.5. The Kier molecular flexibility index (Phi) is 7.84. The van der Waals surface area contributed by atoms with Crippen molar-refractivity contribution in [3.8, 4) is 17.6 Å². The summed E-state index contributed by atoms with van der Waals surface area (Å²) in [5.74, 6) is 5.43. The van der Waals surface area contributed by atoms with Crippen LogP contribution in [0.15, 0.2) is 84.9 Å². The third-order valence-corrected chi connectivity index (χ3v) is 4.74. The third kappa shape index (κ3) is 6.48. The van der Waals surface area contributed by atoms with Crippen LogP contribution in [0.3, 0.4) is 0 Å². The molecule has 0 fully saturated rings. The third-order valence-electron chi connectivity index (χ3n) is 4.74. The van der Waals surface area contributed by atoms with Crippen LogP contribution in [-0.2, 0) is 4.79 Å². The van der Waals surface area contributed by atoms with Crippen molar-refractivity contribution in [2.24, 2.45) is 5.73 Å². The number of primary amides is 1. The number of rotatable bonds is 8. The summed E-state index contributed by atoms with van der Waals surface area (Å²) in [6.07, 6.45) is 0.332. The number of amides is 2. The van der Waals surface area contributed by atoms with E-state index in [-0.39, 0.29) is 25.0 Å². The van der Waals surface area contributed by atoms with Gasteiger partial charge in [-0.2, -0.15) is 0 Å². The zero-order chi connectivity index (χ0) is 21.9. The van der Waals surface area contributed by atoms with Gasteiger partial charge >= 0.3 is 0 Å². The second-order valence-corrected chi connectivity index (χ2v) is 6.86. The summed E-state index contributed by atoms with van der Waals surface area (Å²) in [7, 11) is 0. The number of nitrogens with two attached hydrogens (primary N) is 1. The molecule has 0 bridgehead atoms. The van der Waals surface area contributed by atoms with E-state index < -0.39 is 5.91 Å². The Bertz CT molecular complexity index is 1030. The number of carbonyl (C=O) groups excluding carboxylic acids is 2. The number of nitrogens with one attached hydrogen (secondary N) is 1. The Morgan fingerprint density at radius 3 is 2.03 bits per heavy atom. The minimum Gasteiger partial charge on any atom is -0.480 e. The van der Waals surface area contributed by atoms with E-state index in [9.17, 15) is 9.59 Å². The normalized spacial score (nSPS) is 10.1. The van der Waals surface area contributed by atoms with Crippen LogP contribution in [0.1, 0.15) is 33.8 Å². The average molecular weight is 412 g/mol. The molecule has 0 aliphatic rings. The predicted octanol–water partition coefficient (Wildman–Crippen LogP) is 3.51. The molecule has 0 aliphatic carbocycles. The van der Waals surface area contributed by atoms with Gasteiger partial charge in [0.2, 0.25) is 5.91 Å². The quantitative estimate of drug-likeness (QED) is 0.556. The summed E-state index contributed by atoms with van der Waals surface area (Å²) in [6.45, 7) is 0.312. The van der Waals surface area contributed by atoms with Gasteiger partial charge in [-0.3, -0.25) is 9.59 Å². The highest BCUT2D eigenvalue weighted by atomic mass is 16.5. The van der Waals surface area contributed by atoms with Crippen LogP contribution in [0.5, 0.6) is 5.75 Å². The van der Waals surface area contributed by atoms with Crippen molar-refractivity contribution >= 4 is 11.8 Å². The fourth-order valence-corrected chi connectivity index (χ4v) is 3.22. The Morgan fingerprint density at radius 1 is 0.839 bits per heavy atom. The first-order valence-electron chi connectivity index (χ1n) is 9.99. The first-order valence-corrected chi connectivity index (χ1v) is 9.99. The molecule has 0 saturated heterocycles. The van der Waals surface area contributed by atoms with E-state index in [1.54, 1.807) is 24.3 Å². The predicted molar refractivity (Wildman–Crippen MR) is 121 cm³/mol. The fraction of sp³-hybridized carbons (Fsp3) is 0.154. The average Bonchev–Trinajstić information content (AvgIpc) is 2.81. The molecule has 0 spiro atoms. The lowest BCUT2D eigenvalue weighted by Crippen LogP contribution is -2.25. The smallest absolute Gasteiger partial charge is 0.252 e. The summed E-state index contributed by atoms with van der Waals surface area (Å²) in [4.78, 5) is 23.9. The second kappa shape index (κ2) is 11.2. The molecule has 3 aromatic carbocycles. The summed E-state index contributed by atoms with van der Waals surface area (Å²) in [6, 6.07) is 26.7. The van der Waals surface area contributed by atoms with Gasteiger partial charge in [0.1, 0.15) is 12.4 Å². The van der Waals surface area contributed by atoms with Crippen molar-refractivity contribution < 1.29 is 14.3 Å². The molecule has 0 aromatic heterocycles. The van der Waals surface area contributed by atoms with E-state index in [0.29, 0.717) is 17.7 Å². The Hall–Kier alpha value is -4.04. The van der Waals surface area contributed by atoms with Gasteiger partial charge in [-0.05, 0) is 23.3 Å². The van der Waals surface area contributed by atoms with Crippen molar-refractivity contribution in [2.75, 3.05) is 13.2 Å². The molecule has 3 aromatic rings. The van der Waals surface area contributed by atoms with Crippen LogP contribution in [0, 0.1) is 11.8 Å². The van der Waals surface area contributed by atoms with Crippen LogP contribution >= 0.6 is 0 Å². The van der Waals surface area contributed by atoms with Crippen LogP contribution < -0.4 is 15.8 Å². The molecule has 3 N–H and O–H groups in total. The van der Waals surface area contributed by atoms with Gasteiger partial charge in [-0.1, -0.05) is 84.6 Å². The fourth-order valence-electron chi connectivity index (χ4n) is 3.22. The molecular weight excluding hydrogens is 388 g/mol. The molecule has 31 heavy (non-hydrogen) atoms. The lowest BCUT2D eigenvalue weighted by molar-refractivity contribution is -0.121. The maximum Gasteiger partial charge on any atom is 0.252 e. The second-order valence-electron chi connectivity index (χ2n) is 6.86. The van der Waals surface area contributed by atoms with E-state index in [2.05, 4.69) is 17.2 Å². The zero-order valence-electron chi connectivity index (χ0n) is 17.1. The number of hydrogen-bond donors (Lipinski definition) is 2. The van der Waals surface area contributed by atoms with Gasteiger partial charge in [0.15, 0.2) is 0 Å². The molecule has 0 heterocycles. The molecule has 0 atom stereocenters. The van der Waals surface area contributed by atoms with E-state index in [1.807, 2.05) is 60.7 Å². The minimum atomic E-state index is -0.554. The number of ether oxygens (including phenoxy) is 1. The first kappa shape index (κ1) is 21.7. The van der Waals surface area contributed by atoms with Crippen LogP contribution in [0.4, 0.5) is 0 Å². The Labute approximate surface area is 182 Å². The van der Waals surface area contributed by atoms with Gasteiger partial charge in [-0.25, -0.2) is 0 Å². The molecule has 2 amide bonds.